The van der Waals surface area contributed by atoms with E-state index in [-0.39, 0.29) is 36.0 Å². The van der Waals surface area contributed by atoms with E-state index < -0.39 is 0 Å². The van der Waals surface area contributed by atoms with E-state index in [0.29, 0.717) is 18.7 Å². The number of nitrogens with two attached hydrogens (primary N) is 1. The normalized spacial score (nSPS) is 11.4. The third kappa shape index (κ3) is 4.64. The van der Waals surface area contributed by atoms with Crippen LogP contribution in [0.15, 0.2) is 23.4 Å². The van der Waals surface area contributed by atoms with Crippen LogP contribution in [0, 0.1) is 6.92 Å². The molecule has 21 heavy (non-hydrogen) atoms. The number of amides is 1. The van der Waals surface area contributed by atoms with E-state index in [9.17, 15) is 9.90 Å². The molecule has 1 aromatic carbocycles. The van der Waals surface area contributed by atoms with Gasteiger partial charge in [-0.05, 0) is 18.6 Å². The molecule has 1 amide bonds. The number of oxime groups is 1. The van der Waals surface area contributed by atoms with Crippen LogP contribution in [0.2, 0.25) is 0 Å². The number of benzene rings is 1. The molecule has 0 unspecified atom stereocenters. The van der Waals surface area contributed by atoms with Gasteiger partial charge in [-0.1, -0.05) is 17.3 Å². The molecule has 0 fully saturated rings. The highest BCUT2D eigenvalue weighted by Gasteiger charge is 2.19. The monoisotopic (exact) mass is 295 g/mol. The average molecular weight is 295 g/mol. The van der Waals surface area contributed by atoms with Crippen molar-refractivity contribution in [2.24, 2.45) is 10.9 Å². The number of aromatic hydroxyl groups is 1. The second kappa shape index (κ2) is 8.11. The second-order valence-corrected chi connectivity index (χ2v) is 4.60. The predicted octanol–water partition coefficient (Wildman–Crippen LogP) is 0.926. The standard InChI is InChI=1S/C14H21N3O4/c1-10-4-3-5-11(13(10)18)14(19)17(8-9-21-2)7-6-12(15)16-20/h3-5,18,20H,6-9H2,1-2H3,(H2,15,16). The molecular formula is C14H21N3O4. The summed E-state index contributed by atoms with van der Waals surface area (Å²) in [4.78, 5) is 14.0. The molecule has 0 aliphatic carbocycles. The fourth-order valence-corrected chi connectivity index (χ4v) is 1.82. The largest absolute Gasteiger partial charge is 0.507 e. The summed E-state index contributed by atoms with van der Waals surface area (Å²) in [5.41, 5.74) is 6.28. The molecule has 0 bridgehead atoms. The van der Waals surface area contributed by atoms with Crippen molar-refractivity contribution in [1.82, 2.24) is 4.90 Å². The first-order valence-corrected chi connectivity index (χ1v) is 6.54. The molecule has 1 rings (SSSR count). The summed E-state index contributed by atoms with van der Waals surface area (Å²) in [6.07, 6.45) is 0.235. The van der Waals surface area contributed by atoms with Gasteiger partial charge in [0.1, 0.15) is 11.6 Å². The van der Waals surface area contributed by atoms with Gasteiger partial charge in [-0.2, -0.15) is 0 Å². The summed E-state index contributed by atoms with van der Waals surface area (Å²) in [6.45, 7) is 2.70. The fraction of sp³-hybridized carbons (Fsp3) is 0.429. The highest BCUT2D eigenvalue weighted by molar-refractivity contribution is 5.97. The molecule has 0 atom stereocenters. The summed E-state index contributed by atoms with van der Waals surface area (Å²) >= 11 is 0. The minimum atomic E-state index is -0.320. The van der Waals surface area contributed by atoms with Gasteiger partial charge >= 0.3 is 0 Å². The Bertz CT molecular complexity index is 517. The molecule has 4 N–H and O–H groups in total. The maximum Gasteiger partial charge on any atom is 0.257 e. The minimum absolute atomic E-state index is 0.0336. The Labute approximate surface area is 123 Å². The quantitative estimate of drug-likeness (QED) is 0.300. The van der Waals surface area contributed by atoms with Crippen molar-refractivity contribution in [3.05, 3.63) is 29.3 Å². The van der Waals surface area contributed by atoms with E-state index in [1.807, 2.05) is 0 Å². The number of carbonyl (C=O) groups excluding carboxylic acids is 1. The first-order chi connectivity index (χ1) is 10.0. The number of aryl methyl sites for hydroxylation is 1. The van der Waals surface area contributed by atoms with E-state index in [2.05, 4.69) is 5.16 Å². The van der Waals surface area contributed by atoms with Crippen LogP contribution >= 0.6 is 0 Å². The van der Waals surface area contributed by atoms with Gasteiger partial charge in [0, 0.05) is 26.6 Å². The molecule has 0 aromatic heterocycles. The van der Waals surface area contributed by atoms with E-state index in [1.165, 1.54) is 12.0 Å². The lowest BCUT2D eigenvalue weighted by atomic mass is 10.1. The van der Waals surface area contributed by atoms with Crippen LogP contribution in [0.3, 0.4) is 0 Å². The number of carbonyl (C=O) groups is 1. The number of hydrogen-bond donors (Lipinski definition) is 3. The molecule has 1 aromatic rings. The number of rotatable bonds is 7. The Balaban J connectivity index is 2.90. The molecule has 116 valence electrons. The lowest BCUT2D eigenvalue weighted by Gasteiger charge is -2.23. The first-order valence-electron chi connectivity index (χ1n) is 6.54. The lowest BCUT2D eigenvalue weighted by molar-refractivity contribution is 0.0697. The Hall–Kier alpha value is -2.28. The van der Waals surface area contributed by atoms with E-state index >= 15 is 0 Å². The zero-order valence-electron chi connectivity index (χ0n) is 12.2. The number of para-hydroxylation sites is 1. The number of nitrogens with zero attached hydrogens (tertiary/aromatic N) is 2. The maximum absolute atomic E-state index is 12.5. The molecule has 0 aliphatic rings. The van der Waals surface area contributed by atoms with Gasteiger partial charge in [0.05, 0.1) is 12.2 Å². The summed E-state index contributed by atoms with van der Waals surface area (Å²) in [5.74, 6) is -0.314. The fourth-order valence-electron chi connectivity index (χ4n) is 1.82. The van der Waals surface area contributed by atoms with Crippen LogP contribution in [0.5, 0.6) is 5.75 Å². The Morgan fingerprint density at radius 3 is 2.76 bits per heavy atom. The Morgan fingerprint density at radius 2 is 2.14 bits per heavy atom. The SMILES string of the molecule is COCCN(CCC(N)=NO)C(=O)c1cccc(C)c1O. The minimum Gasteiger partial charge on any atom is -0.507 e. The second-order valence-electron chi connectivity index (χ2n) is 4.60. The van der Waals surface area contributed by atoms with Gasteiger partial charge in [-0.3, -0.25) is 4.79 Å². The van der Waals surface area contributed by atoms with Crippen LogP contribution in [0.25, 0.3) is 0 Å². The molecule has 0 spiro atoms. The molecule has 0 saturated carbocycles. The zero-order chi connectivity index (χ0) is 15.8. The number of ether oxygens (including phenoxy) is 1. The molecule has 7 nitrogen and oxygen atoms in total. The molecular weight excluding hydrogens is 274 g/mol. The van der Waals surface area contributed by atoms with Crippen molar-refractivity contribution in [2.45, 2.75) is 13.3 Å². The van der Waals surface area contributed by atoms with Crippen molar-refractivity contribution in [3.8, 4) is 5.75 Å². The third-order valence-corrected chi connectivity index (χ3v) is 3.09. The van der Waals surface area contributed by atoms with Crippen LogP contribution in [0.4, 0.5) is 0 Å². The number of phenolic OH excluding ortho intramolecular Hbond substituents is 1. The van der Waals surface area contributed by atoms with E-state index in [4.69, 9.17) is 15.7 Å². The topological polar surface area (TPSA) is 108 Å². The Morgan fingerprint density at radius 1 is 1.43 bits per heavy atom. The van der Waals surface area contributed by atoms with Crippen molar-refractivity contribution < 1.29 is 19.8 Å². The van der Waals surface area contributed by atoms with Crippen LogP contribution < -0.4 is 5.73 Å². The van der Waals surface area contributed by atoms with Crippen molar-refractivity contribution >= 4 is 11.7 Å². The van der Waals surface area contributed by atoms with Gasteiger partial charge in [0.2, 0.25) is 0 Å². The van der Waals surface area contributed by atoms with Gasteiger partial charge in [0.25, 0.3) is 5.91 Å². The van der Waals surface area contributed by atoms with Crippen LogP contribution in [0.1, 0.15) is 22.3 Å². The van der Waals surface area contributed by atoms with Crippen molar-refractivity contribution in [3.63, 3.8) is 0 Å². The van der Waals surface area contributed by atoms with Gasteiger partial charge in [-0.15, -0.1) is 0 Å². The maximum atomic E-state index is 12.5. The molecule has 0 saturated heterocycles. The van der Waals surface area contributed by atoms with Gasteiger partial charge < -0.3 is 25.7 Å². The van der Waals surface area contributed by atoms with Crippen LogP contribution in [-0.2, 0) is 4.74 Å². The van der Waals surface area contributed by atoms with Crippen molar-refractivity contribution in [1.29, 1.82) is 0 Å². The molecule has 0 radical (unpaired) electrons. The smallest absolute Gasteiger partial charge is 0.257 e. The Kier molecular flexibility index (Phi) is 6.48. The third-order valence-electron chi connectivity index (χ3n) is 3.09. The molecule has 0 heterocycles. The summed E-state index contributed by atoms with van der Waals surface area (Å²) < 4.78 is 4.98. The van der Waals surface area contributed by atoms with Gasteiger partial charge in [-0.25, -0.2) is 0 Å². The van der Waals surface area contributed by atoms with Crippen molar-refractivity contribution in [2.75, 3.05) is 26.8 Å². The summed E-state index contributed by atoms with van der Waals surface area (Å²) in [7, 11) is 1.54. The number of methoxy groups -OCH3 is 1. The van der Waals surface area contributed by atoms with Crippen LogP contribution in [-0.4, -0.2) is 53.8 Å². The van der Waals surface area contributed by atoms with Gasteiger partial charge in [0.15, 0.2) is 0 Å². The zero-order valence-corrected chi connectivity index (χ0v) is 12.2. The summed E-state index contributed by atoms with van der Waals surface area (Å²) in [6, 6.07) is 5.00. The highest BCUT2D eigenvalue weighted by atomic mass is 16.5. The molecule has 0 aliphatic heterocycles. The summed E-state index contributed by atoms with van der Waals surface area (Å²) in [5, 5.41) is 21.4. The van der Waals surface area contributed by atoms with E-state index in [1.54, 1.807) is 25.1 Å². The van der Waals surface area contributed by atoms with E-state index in [0.717, 1.165) is 0 Å². The average Bonchev–Trinajstić information content (AvgIpc) is 2.49. The highest BCUT2D eigenvalue weighted by Crippen LogP contribution is 2.22. The number of amidine groups is 1. The molecule has 7 heteroatoms. The lowest BCUT2D eigenvalue weighted by Crippen LogP contribution is -2.36. The number of phenols is 1. The first kappa shape index (κ1) is 16.8. The predicted molar refractivity (Wildman–Crippen MR) is 78.6 cm³/mol. The number of hydrogen-bond acceptors (Lipinski definition) is 5.